The lowest BCUT2D eigenvalue weighted by atomic mass is 10.2. The number of amides is 1. The van der Waals surface area contributed by atoms with Gasteiger partial charge in [0.2, 0.25) is 5.91 Å². The van der Waals surface area contributed by atoms with Crippen LogP contribution in [-0.4, -0.2) is 45.0 Å². The molecule has 29 heavy (non-hydrogen) atoms. The van der Waals surface area contributed by atoms with Gasteiger partial charge in [-0.05, 0) is 43.7 Å². The van der Waals surface area contributed by atoms with Crippen molar-refractivity contribution in [1.29, 1.82) is 0 Å². The molecule has 1 aromatic heterocycles. The smallest absolute Gasteiger partial charge is 0.235 e. The second kappa shape index (κ2) is 9.60. The summed E-state index contributed by atoms with van der Waals surface area (Å²) in [6, 6.07) is 17.7. The van der Waals surface area contributed by atoms with Crippen LogP contribution in [0.5, 0.6) is 5.75 Å². The molecule has 3 rings (SSSR count). The Morgan fingerprint density at radius 3 is 2.45 bits per heavy atom. The standard InChI is InChI=1S/C22H26N4O2S/c1-5-26-20(18-11-13-19(28-4)14-12-18)23-24-22(26)29-16(2)21(27)25(3)15-17-9-7-6-8-10-17/h6-14,16H,5,15H2,1-4H3/t16-/m0/s1. The van der Waals surface area contributed by atoms with Crippen molar-refractivity contribution in [3.05, 3.63) is 60.2 Å². The Morgan fingerprint density at radius 2 is 1.83 bits per heavy atom. The highest BCUT2D eigenvalue weighted by Gasteiger charge is 2.23. The Balaban J connectivity index is 1.72. The molecule has 0 saturated heterocycles. The summed E-state index contributed by atoms with van der Waals surface area (Å²) in [5, 5.41) is 9.19. The van der Waals surface area contributed by atoms with Gasteiger partial charge in [-0.15, -0.1) is 10.2 Å². The fourth-order valence-corrected chi connectivity index (χ4v) is 4.10. The van der Waals surface area contributed by atoms with E-state index in [2.05, 4.69) is 17.1 Å². The number of hydrogen-bond acceptors (Lipinski definition) is 5. The van der Waals surface area contributed by atoms with Crippen LogP contribution in [0.1, 0.15) is 19.4 Å². The molecule has 7 heteroatoms. The van der Waals surface area contributed by atoms with Gasteiger partial charge in [0.25, 0.3) is 0 Å². The third kappa shape index (κ3) is 4.98. The van der Waals surface area contributed by atoms with E-state index >= 15 is 0 Å². The van der Waals surface area contributed by atoms with Crippen LogP contribution in [0.2, 0.25) is 0 Å². The number of ether oxygens (including phenoxy) is 1. The zero-order valence-electron chi connectivity index (χ0n) is 17.2. The van der Waals surface area contributed by atoms with Crippen LogP contribution in [0.15, 0.2) is 59.8 Å². The van der Waals surface area contributed by atoms with Gasteiger partial charge in [0.1, 0.15) is 5.75 Å². The number of aromatic nitrogens is 3. The van der Waals surface area contributed by atoms with E-state index in [-0.39, 0.29) is 11.2 Å². The monoisotopic (exact) mass is 410 g/mol. The number of hydrogen-bond donors (Lipinski definition) is 0. The summed E-state index contributed by atoms with van der Waals surface area (Å²) in [6.07, 6.45) is 0. The van der Waals surface area contributed by atoms with Gasteiger partial charge in [-0.3, -0.25) is 4.79 Å². The molecule has 2 aromatic carbocycles. The number of nitrogens with zero attached hydrogens (tertiary/aromatic N) is 4. The minimum absolute atomic E-state index is 0.0653. The molecule has 0 saturated carbocycles. The Bertz CT molecular complexity index is 941. The van der Waals surface area contributed by atoms with Crippen LogP contribution in [0, 0.1) is 0 Å². The Kier molecular flexibility index (Phi) is 6.93. The van der Waals surface area contributed by atoms with Gasteiger partial charge in [0.05, 0.1) is 12.4 Å². The first-order valence-corrected chi connectivity index (χ1v) is 10.4. The average Bonchev–Trinajstić information content (AvgIpc) is 3.16. The van der Waals surface area contributed by atoms with E-state index in [1.54, 1.807) is 12.0 Å². The van der Waals surface area contributed by atoms with Gasteiger partial charge in [-0.2, -0.15) is 0 Å². The fourth-order valence-electron chi connectivity index (χ4n) is 3.07. The van der Waals surface area contributed by atoms with Gasteiger partial charge < -0.3 is 14.2 Å². The van der Waals surface area contributed by atoms with E-state index in [0.717, 1.165) is 34.4 Å². The molecule has 0 aliphatic rings. The second-order valence-corrected chi connectivity index (χ2v) is 8.03. The Hall–Kier alpha value is -2.80. The molecule has 152 valence electrons. The van der Waals surface area contributed by atoms with Crippen LogP contribution in [0.25, 0.3) is 11.4 Å². The first-order valence-electron chi connectivity index (χ1n) is 9.56. The summed E-state index contributed by atoms with van der Waals surface area (Å²) < 4.78 is 7.26. The maximum absolute atomic E-state index is 12.8. The summed E-state index contributed by atoms with van der Waals surface area (Å²) in [5.41, 5.74) is 2.08. The minimum atomic E-state index is -0.262. The summed E-state index contributed by atoms with van der Waals surface area (Å²) >= 11 is 1.44. The van der Waals surface area contributed by atoms with Crippen molar-refractivity contribution in [3.63, 3.8) is 0 Å². The average molecular weight is 411 g/mol. The first kappa shape index (κ1) is 20.9. The summed E-state index contributed by atoms with van der Waals surface area (Å²) in [7, 11) is 3.48. The molecule has 1 heterocycles. The third-order valence-corrected chi connectivity index (χ3v) is 5.72. The maximum Gasteiger partial charge on any atom is 0.235 e. The topological polar surface area (TPSA) is 60.2 Å². The van der Waals surface area contributed by atoms with E-state index in [1.165, 1.54) is 11.8 Å². The van der Waals surface area contributed by atoms with Gasteiger partial charge in [0, 0.05) is 25.7 Å². The van der Waals surface area contributed by atoms with E-state index in [0.29, 0.717) is 6.54 Å². The quantitative estimate of drug-likeness (QED) is 0.523. The summed E-state index contributed by atoms with van der Waals surface area (Å²) in [5.74, 6) is 1.65. The van der Waals surface area contributed by atoms with Gasteiger partial charge >= 0.3 is 0 Å². The summed E-state index contributed by atoms with van der Waals surface area (Å²) in [6.45, 7) is 5.27. The molecule has 1 atom stereocenters. The number of thioether (sulfide) groups is 1. The SMILES string of the molecule is CCn1c(S[C@@H](C)C(=O)N(C)Cc2ccccc2)nnc1-c1ccc(OC)cc1. The number of carbonyl (C=O) groups is 1. The van der Waals surface area contributed by atoms with Gasteiger partial charge in [-0.25, -0.2) is 0 Å². The number of carbonyl (C=O) groups excluding carboxylic acids is 1. The van der Waals surface area contributed by atoms with Crippen molar-refractivity contribution in [2.45, 2.75) is 37.3 Å². The van der Waals surface area contributed by atoms with Gasteiger partial charge in [0.15, 0.2) is 11.0 Å². The lowest BCUT2D eigenvalue weighted by Crippen LogP contribution is -2.33. The molecule has 0 aliphatic carbocycles. The van der Waals surface area contributed by atoms with Crippen molar-refractivity contribution in [1.82, 2.24) is 19.7 Å². The lowest BCUT2D eigenvalue weighted by Gasteiger charge is -2.21. The van der Waals surface area contributed by atoms with Crippen LogP contribution in [0.4, 0.5) is 0 Å². The highest BCUT2D eigenvalue weighted by molar-refractivity contribution is 8.00. The number of rotatable bonds is 8. The Morgan fingerprint density at radius 1 is 1.14 bits per heavy atom. The minimum Gasteiger partial charge on any atom is -0.497 e. The van der Waals surface area contributed by atoms with Crippen LogP contribution in [-0.2, 0) is 17.9 Å². The zero-order chi connectivity index (χ0) is 20.8. The highest BCUT2D eigenvalue weighted by atomic mass is 32.2. The molecule has 0 aliphatic heterocycles. The molecule has 0 radical (unpaired) electrons. The predicted octanol–water partition coefficient (Wildman–Crippen LogP) is 4.11. The molecule has 0 N–H and O–H groups in total. The molecule has 0 fully saturated rings. The second-order valence-electron chi connectivity index (χ2n) is 6.72. The van der Waals surface area contributed by atoms with Crippen LogP contribution < -0.4 is 4.74 Å². The molecule has 0 bridgehead atoms. The van der Waals surface area contributed by atoms with Crippen LogP contribution >= 0.6 is 11.8 Å². The normalized spacial score (nSPS) is 11.9. The zero-order valence-corrected chi connectivity index (χ0v) is 18.0. The van der Waals surface area contributed by atoms with E-state index in [1.807, 2.05) is 73.1 Å². The molecule has 0 unspecified atom stereocenters. The van der Waals surface area contributed by atoms with Crippen molar-refractivity contribution in [2.24, 2.45) is 0 Å². The molecule has 1 amide bonds. The van der Waals surface area contributed by atoms with Crippen molar-refractivity contribution < 1.29 is 9.53 Å². The highest BCUT2D eigenvalue weighted by Crippen LogP contribution is 2.28. The Labute approximate surface area is 175 Å². The van der Waals surface area contributed by atoms with E-state index in [4.69, 9.17) is 4.74 Å². The fraction of sp³-hybridized carbons (Fsp3) is 0.318. The van der Waals surface area contributed by atoms with E-state index in [9.17, 15) is 4.79 Å². The van der Waals surface area contributed by atoms with Crippen molar-refractivity contribution >= 4 is 17.7 Å². The first-order chi connectivity index (χ1) is 14.0. The molecule has 6 nitrogen and oxygen atoms in total. The van der Waals surface area contributed by atoms with Gasteiger partial charge in [-0.1, -0.05) is 42.1 Å². The van der Waals surface area contributed by atoms with Crippen molar-refractivity contribution in [3.8, 4) is 17.1 Å². The summed E-state index contributed by atoms with van der Waals surface area (Å²) in [4.78, 5) is 14.6. The molecule has 0 spiro atoms. The third-order valence-electron chi connectivity index (χ3n) is 4.65. The number of benzene rings is 2. The predicted molar refractivity (Wildman–Crippen MR) is 116 cm³/mol. The van der Waals surface area contributed by atoms with Crippen LogP contribution in [0.3, 0.4) is 0 Å². The maximum atomic E-state index is 12.8. The molecular weight excluding hydrogens is 384 g/mol. The largest absolute Gasteiger partial charge is 0.497 e. The molecule has 3 aromatic rings. The molecular formula is C22H26N4O2S. The van der Waals surface area contributed by atoms with E-state index < -0.39 is 0 Å². The number of methoxy groups -OCH3 is 1. The lowest BCUT2D eigenvalue weighted by molar-refractivity contribution is -0.129. The van der Waals surface area contributed by atoms with Crippen molar-refractivity contribution in [2.75, 3.05) is 14.2 Å².